The van der Waals surface area contributed by atoms with Gasteiger partial charge in [-0.1, -0.05) is 12.1 Å². The molecule has 2 N–H and O–H groups in total. The molecule has 0 aliphatic heterocycles. The van der Waals surface area contributed by atoms with E-state index in [-0.39, 0.29) is 6.42 Å². The lowest BCUT2D eigenvalue weighted by Gasteiger charge is -2.10. The summed E-state index contributed by atoms with van der Waals surface area (Å²) in [4.78, 5) is 26.7. The van der Waals surface area contributed by atoms with Crippen LogP contribution in [0.1, 0.15) is 27.7 Å². The summed E-state index contributed by atoms with van der Waals surface area (Å²) in [6, 6.07) is 6.58. The van der Waals surface area contributed by atoms with Crippen LogP contribution in [0.2, 0.25) is 0 Å². The topological polar surface area (TPSA) is 100 Å². The second kappa shape index (κ2) is 7.78. The van der Waals surface area contributed by atoms with Crippen LogP contribution >= 0.6 is 11.3 Å². The maximum absolute atomic E-state index is 12.7. The van der Waals surface area contributed by atoms with E-state index in [1.165, 1.54) is 18.4 Å². The molecular formula is C16H15FN2O4S. The molecule has 1 atom stereocenters. The van der Waals surface area contributed by atoms with Gasteiger partial charge in [-0.25, -0.2) is 14.6 Å². The first-order valence-electron chi connectivity index (χ1n) is 6.99. The highest BCUT2D eigenvalue weighted by Crippen LogP contribution is 2.29. The van der Waals surface area contributed by atoms with Crippen LogP contribution in [-0.4, -0.2) is 41.5 Å². The number of ether oxygens (including phenoxy) is 1. The molecule has 0 saturated heterocycles. The first-order valence-corrected chi connectivity index (χ1v) is 7.87. The van der Waals surface area contributed by atoms with Crippen molar-refractivity contribution in [3.8, 4) is 11.3 Å². The number of carbonyl (C=O) groups excluding carboxylic acids is 1. The Kier molecular flexibility index (Phi) is 5.75. The number of carboxylic acids is 1. The molecule has 2 rings (SSSR count). The van der Waals surface area contributed by atoms with Crippen LogP contribution < -0.4 is 0 Å². The van der Waals surface area contributed by atoms with Gasteiger partial charge in [0.25, 0.3) is 0 Å². The lowest BCUT2D eigenvalue weighted by atomic mass is 10.0. The first kappa shape index (κ1) is 17.7. The molecule has 0 spiro atoms. The van der Waals surface area contributed by atoms with Crippen molar-refractivity contribution >= 4 is 29.0 Å². The van der Waals surface area contributed by atoms with Crippen molar-refractivity contribution in [2.75, 3.05) is 13.8 Å². The Bertz CT molecular complexity index is 758. The summed E-state index contributed by atoms with van der Waals surface area (Å²) in [7, 11) is 1.30. The van der Waals surface area contributed by atoms with Gasteiger partial charge in [0.15, 0.2) is 0 Å². The fourth-order valence-electron chi connectivity index (χ4n) is 2.12. The largest absolute Gasteiger partial charge is 0.477 e. The number of nitrogens with one attached hydrogen (secondary N) is 1. The van der Waals surface area contributed by atoms with Crippen molar-refractivity contribution in [2.24, 2.45) is 0 Å². The molecule has 0 radical (unpaired) electrons. The summed E-state index contributed by atoms with van der Waals surface area (Å²) in [6.07, 6.45) is -0.0979. The van der Waals surface area contributed by atoms with Gasteiger partial charge >= 0.3 is 11.9 Å². The van der Waals surface area contributed by atoms with Crippen molar-refractivity contribution in [3.63, 3.8) is 0 Å². The number of carbonyl (C=O) groups is 2. The smallest absolute Gasteiger partial charge is 0.350 e. The highest BCUT2D eigenvalue weighted by atomic mass is 32.1. The second-order valence-electron chi connectivity index (χ2n) is 4.89. The molecule has 126 valence electrons. The average molecular weight is 350 g/mol. The second-order valence-corrected chi connectivity index (χ2v) is 5.78. The number of thiazole rings is 1. The van der Waals surface area contributed by atoms with Gasteiger partial charge in [-0.05, 0) is 18.6 Å². The van der Waals surface area contributed by atoms with Gasteiger partial charge in [0.05, 0.1) is 31.0 Å². The van der Waals surface area contributed by atoms with Crippen LogP contribution in [0.15, 0.2) is 29.6 Å². The third-order valence-corrected chi connectivity index (χ3v) is 4.36. The van der Waals surface area contributed by atoms with Crippen LogP contribution in [0, 0.1) is 5.41 Å². The maximum atomic E-state index is 12.7. The number of benzene rings is 1. The Morgan fingerprint density at radius 2 is 2.04 bits per heavy atom. The maximum Gasteiger partial charge on any atom is 0.350 e. The number of rotatable bonds is 7. The zero-order valence-electron chi connectivity index (χ0n) is 12.8. The van der Waals surface area contributed by atoms with E-state index in [0.717, 1.165) is 5.56 Å². The summed E-state index contributed by atoms with van der Waals surface area (Å²) in [5.41, 5.74) is 1.13. The van der Waals surface area contributed by atoms with E-state index in [1.807, 2.05) is 0 Å². The number of aromatic nitrogens is 1. The molecule has 0 aliphatic rings. The summed E-state index contributed by atoms with van der Waals surface area (Å²) < 4.78 is 17.3. The molecule has 24 heavy (non-hydrogen) atoms. The zero-order valence-corrected chi connectivity index (χ0v) is 13.6. The van der Waals surface area contributed by atoms with Gasteiger partial charge in [0.1, 0.15) is 10.7 Å². The molecule has 1 heterocycles. The molecule has 6 nitrogen and oxygen atoms in total. The number of hydrogen-bond acceptors (Lipinski definition) is 6. The molecule has 0 saturated carbocycles. The van der Waals surface area contributed by atoms with Crippen LogP contribution in [0.4, 0.5) is 4.39 Å². The van der Waals surface area contributed by atoms with Crippen molar-refractivity contribution in [3.05, 3.63) is 40.2 Å². The number of aliphatic carboxylic acids is 1. The Morgan fingerprint density at radius 3 is 2.58 bits per heavy atom. The van der Waals surface area contributed by atoms with E-state index in [1.54, 1.807) is 29.6 Å². The number of hydrogen-bond donors (Lipinski definition) is 2. The van der Waals surface area contributed by atoms with E-state index in [4.69, 9.17) is 10.5 Å². The quantitative estimate of drug-likeness (QED) is 0.590. The Balaban J connectivity index is 2.27. The normalized spacial score (nSPS) is 11.8. The van der Waals surface area contributed by atoms with E-state index in [9.17, 15) is 14.0 Å². The number of halogens is 1. The number of esters is 1. The number of alkyl halides is 1. The number of nitrogens with zero attached hydrogens (tertiary/aromatic N) is 1. The van der Waals surface area contributed by atoms with Gasteiger partial charge in [-0.3, -0.25) is 9.80 Å². The van der Waals surface area contributed by atoms with Crippen molar-refractivity contribution in [1.82, 2.24) is 4.98 Å². The molecule has 0 fully saturated rings. The number of carboxylic acid groups (broad SMARTS) is 1. The first-order chi connectivity index (χ1) is 11.5. The van der Waals surface area contributed by atoms with E-state index >= 15 is 0 Å². The van der Waals surface area contributed by atoms with E-state index in [0.29, 0.717) is 16.3 Å². The Hall–Kier alpha value is -2.61. The van der Waals surface area contributed by atoms with Gasteiger partial charge in [-0.2, -0.15) is 0 Å². The minimum absolute atomic E-state index is 0.0979. The summed E-state index contributed by atoms with van der Waals surface area (Å²) >= 11 is 1.18. The van der Waals surface area contributed by atoms with Gasteiger partial charge in [0, 0.05) is 10.9 Å². The predicted molar refractivity (Wildman–Crippen MR) is 87.6 cm³/mol. The van der Waals surface area contributed by atoms with E-state index in [2.05, 4.69) is 9.72 Å². The molecule has 2 aromatic rings. The summed E-state index contributed by atoms with van der Waals surface area (Å²) in [5, 5.41) is 18.6. The molecule has 0 aliphatic carbocycles. The molecule has 1 aromatic carbocycles. The summed E-state index contributed by atoms with van der Waals surface area (Å²) in [5.74, 6) is -2.70. The average Bonchev–Trinajstić information content (AvgIpc) is 3.08. The third-order valence-electron chi connectivity index (χ3n) is 3.40. The minimum Gasteiger partial charge on any atom is -0.477 e. The fourth-order valence-corrected chi connectivity index (χ4v) is 3.10. The minimum atomic E-state index is -1.38. The molecular weight excluding hydrogens is 335 g/mol. The molecule has 1 aromatic heterocycles. The lowest BCUT2D eigenvalue weighted by Crippen LogP contribution is -2.21. The fraction of sp³-hybridized carbons (Fsp3) is 0.250. The zero-order chi connectivity index (χ0) is 17.7. The SMILES string of the molecule is COC(=O)c1ccc(-c2csc(C(CCF)C(=N)C(=O)O)n2)cc1. The van der Waals surface area contributed by atoms with Gasteiger partial charge in [0.2, 0.25) is 0 Å². The van der Waals surface area contributed by atoms with Crippen molar-refractivity contribution in [2.45, 2.75) is 12.3 Å². The van der Waals surface area contributed by atoms with Gasteiger partial charge < -0.3 is 9.84 Å². The molecule has 8 heteroatoms. The standard InChI is InChI=1S/C16H15FN2O4S/c1-23-16(22)10-4-2-9(3-5-10)12-8-24-14(19-12)11(6-7-17)13(18)15(20)21/h2-5,8,11,18H,6-7H2,1H3,(H,20,21). The third kappa shape index (κ3) is 3.83. The van der Waals surface area contributed by atoms with Crippen LogP contribution in [0.3, 0.4) is 0 Å². The molecule has 1 unspecified atom stereocenters. The monoisotopic (exact) mass is 350 g/mol. The van der Waals surface area contributed by atoms with Crippen LogP contribution in [-0.2, 0) is 9.53 Å². The van der Waals surface area contributed by atoms with E-state index < -0.39 is 30.2 Å². The van der Waals surface area contributed by atoms with Crippen molar-refractivity contribution in [1.29, 1.82) is 5.41 Å². The summed E-state index contributed by atoms with van der Waals surface area (Å²) in [6.45, 7) is -0.733. The van der Waals surface area contributed by atoms with Gasteiger partial charge in [-0.15, -0.1) is 11.3 Å². The van der Waals surface area contributed by atoms with Crippen LogP contribution in [0.25, 0.3) is 11.3 Å². The molecule has 0 amide bonds. The Morgan fingerprint density at radius 1 is 1.38 bits per heavy atom. The number of methoxy groups -OCH3 is 1. The highest BCUT2D eigenvalue weighted by Gasteiger charge is 2.25. The van der Waals surface area contributed by atoms with Crippen LogP contribution in [0.5, 0.6) is 0 Å². The molecule has 0 bridgehead atoms. The predicted octanol–water partition coefficient (Wildman–Crippen LogP) is 3.14. The Labute approximate surface area is 141 Å². The lowest BCUT2D eigenvalue weighted by molar-refractivity contribution is -0.129. The van der Waals surface area contributed by atoms with Crippen molar-refractivity contribution < 1.29 is 23.8 Å². The highest BCUT2D eigenvalue weighted by molar-refractivity contribution is 7.10.